The van der Waals surface area contributed by atoms with E-state index in [9.17, 15) is 0 Å². The molecule has 3 heteroatoms. The first-order valence-corrected chi connectivity index (χ1v) is 7.82. The molecule has 3 nitrogen and oxygen atoms in total. The molecule has 110 valence electrons. The molecule has 3 rings (SSSR count). The topological polar surface area (TPSA) is 38.5 Å². The summed E-state index contributed by atoms with van der Waals surface area (Å²) in [4.78, 5) is 2.61. The van der Waals surface area contributed by atoms with Gasteiger partial charge in [-0.3, -0.25) is 4.90 Å². The second kappa shape index (κ2) is 5.84. The van der Waals surface area contributed by atoms with Crippen LogP contribution in [-0.2, 0) is 17.6 Å². The number of nitrogens with zero attached hydrogens (tertiary/aromatic N) is 1. The Bertz CT molecular complexity index is 462. The van der Waals surface area contributed by atoms with Crippen LogP contribution in [0.15, 0.2) is 24.3 Å². The van der Waals surface area contributed by atoms with Crippen molar-refractivity contribution in [3.8, 4) is 0 Å². The largest absolute Gasteiger partial charge is 0.380 e. The molecule has 0 radical (unpaired) electrons. The number of rotatable bonds is 3. The van der Waals surface area contributed by atoms with Crippen molar-refractivity contribution in [3.05, 3.63) is 35.4 Å². The number of ether oxygens (including phenoxy) is 1. The van der Waals surface area contributed by atoms with Crippen LogP contribution in [0, 0.1) is 0 Å². The van der Waals surface area contributed by atoms with E-state index in [1.807, 2.05) is 7.11 Å². The van der Waals surface area contributed by atoms with E-state index in [1.54, 1.807) is 0 Å². The minimum absolute atomic E-state index is 0.144. The highest BCUT2D eigenvalue weighted by Crippen LogP contribution is 2.34. The van der Waals surface area contributed by atoms with Crippen molar-refractivity contribution in [2.75, 3.05) is 26.7 Å². The predicted molar refractivity (Wildman–Crippen MR) is 81.9 cm³/mol. The van der Waals surface area contributed by atoms with Crippen LogP contribution < -0.4 is 5.73 Å². The van der Waals surface area contributed by atoms with Crippen LogP contribution in [0.3, 0.4) is 0 Å². The van der Waals surface area contributed by atoms with Crippen molar-refractivity contribution in [3.63, 3.8) is 0 Å². The molecule has 1 aromatic carbocycles. The Morgan fingerprint density at radius 3 is 2.90 bits per heavy atom. The van der Waals surface area contributed by atoms with Crippen molar-refractivity contribution in [1.29, 1.82) is 0 Å². The first-order chi connectivity index (χ1) is 9.77. The second-order valence-electron chi connectivity index (χ2n) is 6.32. The predicted octanol–water partition coefficient (Wildman–Crippen LogP) is 1.98. The van der Waals surface area contributed by atoms with Gasteiger partial charge in [0.25, 0.3) is 0 Å². The molecular weight excluding hydrogens is 248 g/mol. The maximum atomic E-state index is 6.23. The summed E-state index contributed by atoms with van der Waals surface area (Å²) in [7, 11) is 1.83. The molecule has 0 spiro atoms. The number of benzene rings is 1. The summed E-state index contributed by atoms with van der Waals surface area (Å²) in [5.41, 5.74) is 9.38. The second-order valence-corrected chi connectivity index (χ2v) is 6.32. The third-order valence-electron chi connectivity index (χ3n) is 5.26. The lowest BCUT2D eigenvalue weighted by Crippen LogP contribution is -2.60. The first-order valence-electron chi connectivity index (χ1n) is 7.82. The lowest BCUT2D eigenvalue weighted by atomic mass is 9.76. The number of fused-ring (bicyclic) bond motifs is 1. The number of piperidine rings is 1. The molecule has 20 heavy (non-hydrogen) atoms. The Hall–Kier alpha value is -0.900. The maximum absolute atomic E-state index is 6.23. The summed E-state index contributed by atoms with van der Waals surface area (Å²) in [6, 6.07) is 8.84. The highest BCUT2D eigenvalue weighted by molar-refractivity contribution is 5.32. The summed E-state index contributed by atoms with van der Waals surface area (Å²) >= 11 is 0. The molecule has 0 bridgehead atoms. The Labute approximate surface area is 122 Å². The van der Waals surface area contributed by atoms with Gasteiger partial charge in [0.2, 0.25) is 0 Å². The quantitative estimate of drug-likeness (QED) is 0.916. The van der Waals surface area contributed by atoms with Gasteiger partial charge in [0.05, 0.1) is 6.10 Å². The minimum atomic E-state index is 0.144. The fourth-order valence-corrected chi connectivity index (χ4v) is 3.92. The van der Waals surface area contributed by atoms with Gasteiger partial charge in [-0.2, -0.15) is 0 Å². The van der Waals surface area contributed by atoms with Crippen molar-refractivity contribution >= 4 is 0 Å². The molecule has 0 saturated carbocycles. The van der Waals surface area contributed by atoms with Crippen LogP contribution in [0.4, 0.5) is 0 Å². The monoisotopic (exact) mass is 274 g/mol. The fourth-order valence-electron chi connectivity index (χ4n) is 3.92. The zero-order chi connectivity index (χ0) is 14.0. The maximum Gasteiger partial charge on any atom is 0.0698 e. The Morgan fingerprint density at radius 1 is 1.35 bits per heavy atom. The van der Waals surface area contributed by atoms with E-state index in [1.165, 1.54) is 36.9 Å². The van der Waals surface area contributed by atoms with Crippen LogP contribution in [0.1, 0.15) is 30.4 Å². The Balaban J connectivity index is 1.82. The Morgan fingerprint density at radius 2 is 2.15 bits per heavy atom. The van der Waals surface area contributed by atoms with Gasteiger partial charge in [0, 0.05) is 25.7 Å². The molecule has 2 N–H and O–H groups in total. The highest BCUT2D eigenvalue weighted by Gasteiger charge is 2.40. The third kappa shape index (κ3) is 2.50. The number of nitrogens with two attached hydrogens (primary N) is 1. The lowest BCUT2D eigenvalue weighted by molar-refractivity contribution is -0.0221. The van der Waals surface area contributed by atoms with E-state index in [-0.39, 0.29) is 5.54 Å². The molecule has 0 aromatic heterocycles. The van der Waals surface area contributed by atoms with E-state index in [2.05, 4.69) is 29.2 Å². The summed E-state index contributed by atoms with van der Waals surface area (Å²) in [5, 5.41) is 0. The summed E-state index contributed by atoms with van der Waals surface area (Å²) in [5.74, 6) is 0. The van der Waals surface area contributed by atoms with Crippen LogP contribution in [-0.4, -0.2) is 43.3 Å². The highest BCUT2D eigenvalue weighted by atomic mass is 16.5. The van der Waals surface area contributed by atoms with E-state index in [0.29, 0.717) is 6.10 Å². The van der Waals surface area contributed by atoms with Gasteiger partial charge in [-0.1, -0.05) is 24.3 Å². The van der Waals surface area contributed by atoms with E-state index in [0.717, 1.165) is 25.9 Å². The van der Waals surface area contributed by atoms with Gasteiger partial charge in [0.1, 0.15) is 0 Å². The summed E-state index contributed by atoms with van der Waals surface area (Å²) < 4.78 is 5.59. The van der Waals surface area contributed by atoms with Gasteiger partial charge < -0.3 is 10.5 Å². The molecule has 1 heterocycles. The molecular formula is C17H26N2O. The zero-order valence-electron chi connectivity index (χ0n) is 12.5. The third-order valence-corrected chi connectivity index (χ3v) is 5.26. The molecule has 2 unspecified atom stereocenters. The molecule has 2 aliphatic rings. The van der Waals surface area contributed by atoms with Gasteiger partial charge in [-0.15, -0.1) is 0 Å². The average Bonchev–Trinajstić information content (AvgIpc) is 2.54. The zero-order valence-corrected chi connectivity index (χ0v) is 12.5. The van der Waals surface area contributed by atoms with Crippen molar-refractivity contribution in [2.45, 2.75) is 43.7 Å². The van der Waals surface area contributed by atoms with E-state index < -0.39 is 0 Å². The Kier molecular flexibility index (Phi) is 4.11. The average molecular weight is 274 g/mol. The molecule has 1 aromatic rings. The molecule has 1 fully saturated rings. The van der Waals surface area contributed by atoms with Crippen molar-refractivity contribution in [1.82, 2.24) is 4.90 Å². The van der Waals surface area contributed by atoms with E-state index >= 15 is 0 Å². The number of hydrogen-bond donors (Lipinski definition) is 1. The number of methoxy groups -OCH3 is 1. The lowest BCUT2D eigenvalue weighted by Gasteiger charge is -2.49. The molecule has 1 aliphatic carbocycles. The van der Waals surface area contributed by atoms with Gasteiger partial charge >= 0.3 is 0 Å². The van der Waals surface area contributed by atoms with Crippen molar-refractivity contribution < 1.29 is 4.74 Å². The summed E-state index contributed by atoms with van der Waals surface area (Å²) in [6.45, 7) is 2.95. The number of likely N-dealkylation sites (tertiary alicyclic amines) is 1. The number of hydrogen-bond acceptors (Lipinski definition) is 3. The molecule has 1 aliphatic heterocycles. The minimum Gasteiger partial charge on any atom is -0.380 e. The molecule has 1 saturated heterocycles. The normalized spacial score (nSPS) is 31.0. The fraction of sp³-hybridized carbons (Fsp3) is 0.647. The van der Waals surface area contributed by atoms with Crippen LogP contribution in [0.2, 0.25) is 0 Å². The van der Waals surface area contributed by atoms with Gasteiger partial charge in [-0.05, 0) is 49.8 Å². The summed E-state index contributed by atoms with van der Waals surface area (Å²) in [6.07, 6.45) is 6.21. The van der Waals surface area contributed by atoms with Gasteiger partial charge in [-0.25, -0.2) is 0 Å². The van der Waals surface area contributed by atoms with Crippen molar-refractivity contribution in [2.24, 2.45) is 5.73 Å². The standard InChI is InChI=1S/C17H26N2O/c1-20-16-7-4-10-19(12-16)17(13-18)9-8-14-5-2-3-6-15(14)11-17/h2-3,5-6,16H,4,7-13,18H2,1H3. The SMILES string of the molecule is COC1CCCN(C2(CN)CCc3ccccc3C2)C1. The molecule has 2 atom stereocenters. The first kappa shape index (κ1) is 14.1. The van der Waals surface area contributed by atoms with Gasteiger partial charge in [0.15, 0.2) is 0 Å². The molecule has 0 amide bonds. The van der Waals surface area contributed by atoms with Crippen LogP contribution in [0.25, 0.3) is 0 Å². The van der Waals surface area contributed by atoms with Crippen LogP contribution >= 0.6 is 0 Å². The number of aryl methyl sites for hydroxylation is 1. The van der Waals surface area contributed by atoms with Crippen LogP contribution in [0.5, 0.6) is 0 Å². The van der Waals surface area contributed by atoms with E-state index in [4.69, 9.17) is 10.5 Å². The smallest absolute Gasteiger partial charge is 0.0698 e.